The van der Waals surface area contributed by atoms with Crippen LogP contribution in [0, 0.1) is 0 Å². The standard InChI is InChI=1S/C16H14BrF2NO/c17-14-7-2-4-11-12(14)5-1-6-13(11)15(21)20-9-3-8-16(18,19)10-20/h1-2,4-7H,3,8-10H2. The fourth-order valence-corrected chi connectivity index (χ4v) is 3.27. The Balaban J connectivity index is 2.00. The Hall–Kier alpha value is -1.49. The number of carbonyl (C=O) groups excluding carboxylic acids is 1. The van der Waals surface area contributed by atoms with Gasteiger partial charge in [0, 0.05) is 23.0 Å². The van der Waals surface area contributed by atoms with Gasteiger partial charge in [0.1, 0.15) is 0 Å². The van der Waals surface area contributed by atoms with E-state index in [1.54, 1.807) is 12.1 Å². The zero-order valence-electron chi connectivity index (χ0n) is 11.3. The van der Waals surface area contributed by atoms with Crippen molar-refractivity contribution in [2.24, 2.45) is 0 Å². The first kappa shape index (κ1) is 14.4. The van der Waals surface area contributed by atoms with Crippen molar-refractivity contribution in [1.29, 1.82) is 0 Å². The Morgan fingerprint density at radius 3 is 2.62 bits per heavy atom. The number of hydrogen-bond acceptors (Lipinski definition) is 1. The molecule has 0 radical (unpaired) electrons. The average molecular weight is 354 g/mol. The summed E-state index contributed by atoms with van der Waals surface area (Å²) in [5, 5.41) is 1.69. The Morgan fingerprint density at radius 1 is 1.14 bits per heavy atom. The van der Waals surface area contributed by atoms with E-state index in [-0.39, 0.29) is 12.3 Å². The lowest BCUT2D eigenvalue weighted by molar-refractivity contribution is -0.0560. The third-order valence-corrected chi connectivity index (χ3v) is 4.47. The molecule has 110 valence electrons. The van der Waals surface area contributed by atoms with Crippen LogP contribution in [0.3, 0.4) is 0 Å². The molecule has 0 unspecified atom stereocenters. The molecule has 1 heterocycles. The Kier molecular flexibility index (Phi) is 3.69. The topological polar surface area (TPSA) is 20.3 Å². The average Bonchev–Trinajstić information content (AvgIpc) is 2.45. The molecule has 0 spiro atoms. The highest BCUT2D eigenvalue weighted by molar-refractivity contribution is 9.10. The van der Waals surface area contributed by atoms with E-state index in [1.807, 2.05) is 24.3 Å². The third kappa shape index (κ3) is 2.79. The summed E-state index contributed by atoms with van der Waals surface area (Å²) in [6, 6.07) is 11.0. The number of likely N-dealkylation sites (tertiary alicyclic amines) is 1. The van der Waals surface area contributed by atoms with E-state index in [0.29, 0.717) is 18.5 Å². The first-order valence-corrected chi connectivity index (χ1v) is 7.62. The SMILES string of the molecule is O=C(c1cccc2c(Br)cccc12)N1CCCC(F)(F)C1. The molecule has 1 aliphatic rings. The summed E-state index contributed by atoms with van der Waals surface area (Å²) in [6.07, 6.45) is 0.199. The molecule has 0 saturated carbocycles. The van der Waals surface area contributed by atoms with Gasteiger partial charge in [0.05, 0.1) is 6.54 Å². The summed E-state index contributed by atoms with van der Waals surface area (Å²) in [5.74, 6) is -3.10. The molecule has 21 heavy (non-hydrogen) atoms. The van der Waals surface area contributed by atoms with Crippen molar-refractivity contribution in [3.05, 3.63) is 46.4 Å². The highest BCUT2D eigenvalue weighted by atomic mass is 79.9. The van der Waals surface area contributed by atoms with Crippen LogP contribution in [-0.2, 0) is 0 Å². The van der Waals surface area contributed by atoms with E-state index in [0.717, 1.165) is 15.2 Å². The second-order valence-electron chi connectivity index (χ2n) is 5.33. The molecule has 0 aliphatic carbocycles. The normalized spacial score (nSPS) is 18.0. The van der Waals surface area contributed by atoms with E-state index in [9.17, 15) is 13.6 Å². The lowest BCUT2D eigenvalue weighted by Gasteiger charge is -2.32. The largest absolute Gasteiger partial charge is 0.333 e. The molecule has 3 rings (SSSR count). The highest BCUT2D eigenvalue weighted by Gasteiger charge is 2.37. The lowest BCUT2D eigenvalue weighted by Crippen LogP contribution is -2.45. The number of nitrogens with zero attached hydrogens (tertiary/aromatic N) is 1. The predicted molar refractivity (Wildman–Crippen MR) is 81.7 cm³/mol. The zero-order chi connectivity index (χ0) is 15.0. The van der Waals surface area contributed by atoms with Crippen molar-refractivity contribution < 1.29 is 13.6 Å². The van der Waals surface area contributed by atoms with Gasteiger partial charge in [0.2, 0.25) is 0 Å². The maximum Gasteiger partial charge on any atom is 0.265 e. The summed E-state index contributed by atoms with van der Waals surface area (Å²) in [5.41, 5.74) is 0.478. The number of alkyl halides is 2. The fraction of sp³-hybridized carbons (Fsp3) is 0.312. The number of fused-ring (bicyclic) bond motifs is 1. The molecule has 2 nitrogen and oxygen atoms in total. The van der Waals surface area contributed by atoms with Gasteiger partial charge < -0.3 is 4.90 Å². The number of piperidine rings is 1. The predicted octanol–water partition coefficient (Wildman–Crippen LogP) is 4.47. The number of hydrogen-bond donors (Lipinski definition) is 0. The Labute approximate surface area is 129 Å². The molecule has 1 saturated heterocycles. The molecular formula is C16H14BrF2NO. The molecule has 2 aromatic rings. The van der Waals surface area contributed by atoms with Crippen LogP contribution in [0.25, 0.3) is 10.8 Å². The summed E-state index contributed by atoms with van der Waals surface area (Å²) < 4.78 is 27.9. The number of rotatable bonds is 1. The fourth-order valence-electron chi connectivity index (χ4n) is 2.77. The van der Waals surface area contributed by atoms with E-state index in [4.69, 9.17) is 0 Å². The summed E-state index contributed by atoms with van der Waals surface area (Å²) in [7, 11) is 0. The van der Waals surface area contributed by atoms with Gasteiger partial charge in [-0.3, -0.25) is 4.79 Å². The number of benzene rings is 2. The van der Waals surface area contributed by atoms with Crippen LogP contribution < -0.4 is 0 Å². The number of carbonyl (C=O) groups is 1. The minimum atomic E-state index is -2.78. The molecule has 0 atom stereocenters. The molecule has 2 aromatic carbocycles. The van der Waals surface area contributed by atoms with Gasteiger partial charge in [0.15, 0.2) is 0 Å². The molecule has 1 amide bonds. The van der Waals surface area contributed by atoms with Crippen LogP contribution in [0.1, 0.15) is 23.2 Å². The first-order chi connectivity index (χ1) is 9.98. The van der Waals surface area contributed by atoms with E-state index in [1.165, 1.54) is 4.90 Å². The van der Waals surface area contributed by atoms with Crippen molar-refractivity contribution >= 4 is 32.6 Å². The van der Waals surface area contributed by atoms with Crippen molar-refractivity contribution in [1.82, 2.24) is 4.90 Å². The van der Waals surface area contributed by atoms with Crippen molar-refractivity contribution in [2.75, 3.05) is 13.1 Å². The maximum atomic E-state index is 13.5. The van der Waals surface area contributed by atoms with Gasteiger partial charge in [-0.05, 0) is 29.3 Å². The van der Waals surface area contributed by atoms with Gasteiger partial charge in [-0.1, -0.05) is 40.2 Å². The maximum absolute atomic E-state index is 13.5. The molecule has 0 aromatic heterocycles. The van der Waals surface area contributed by atoms with Crippen LogP contribution in [-0.4, -0.2) is 29.8 Å². The smallest absolute Gasteiger partial charge is 0.265 e. The summed E-state index contributed by atoms with van der Waals surface area (Å²) in [6.45, 7) is -0.102. The second-order valence-corrected chi connectivity index (χ2v) is 6.18. The molecule has 1 aliphatic heterocycles. The molecule has 0 bridgehead atoms. The van der Waals surface area contributed by atoms with Crippen LogP contribution in [0.15, 0.2) is 40.9 Å². The minimum absolute atomic E-state index is 0.141. The van der Waals surface area contributed by atoms with Gasteiger partial charge in [0.25, 0.3) is 11.8 Å². The van der Waals surface area contributed by atoms with Crippen molar-refractivity contribution in [3.8, 4) is 0 Å². The van der Waals surface area contributed by atoms with Gasteiger partial charge in [-0.15, -0.1) is 0 Å². The number of halogens is 3. The summed E-state index contributed by atoms with van der Waals surface area (Å²) >= 11 is 3.45. The highest BCUT2D eigenvalue weighted by Crippen LogP contribution is 2.30. The van der Waals surface area contributed by atoms with Gasteiger partial charge in [-0.25, -0.2) is 8.78 Å². The van der Waals surface area contributed by atoms with Gasteiger partial charge in [-0.2, -0.15) is 0 Å². The summed E-state index contributed by atoms with van der Waals surface area (Å²) in [4.78, 5) is 13.9. The molecular weight excluding hydrogens is 340 g/mol. The molecule has 0 N–H and O–H groups in total. The zero-order valence-corrected chi connectivity index (χ0v) is 12.9. The minimum Gasteiger partial charge on any atom is -0.333 e. The molecule has 1 fully saturated rings. The monoisotopic (exact) mass is 353 g/mol. The lowest BCUT2D eigenvalue weighted by atomic mass is 10.0. The quantitative estimate of drug-likeness (QED) is 0.740. The molecule has 5 heteroatoms. The van der Waals surface area contributed by atoms with Crippen LogP contribution in [0.4, 0.5) is 8.78 Å². The van der Waals surface area contributed by atoms with E-state index >= 15 is 0 Å². The van der Waals surface area contributed by atoms with Crippen molar-refractivity contribution in [2.45, 2.75) is 18.8 Å². The van der Waals surface area contributed by atoms with Crippen LogP contribution >= 0.6 is 15.9 Å². The van der Waals surface area contributed by atoms with Gasteiger partial charge >= 0.3 is 0 Å². The van der Waals surface area contributed by atoms with E-state index < -0.39 is 12.5 Å². The first-order valence-electron chi connectivity index (χ1n) is 6.82. The Morgan fingerprint density at radius 2 is 1.86 bits per heavy atom. The van der Waals surface area contributed by atoms with Crippen molar-refractivity contribution in [3.63, 3.8) is 0 Å². The van der Waals surface area contributed by atoms with Crippen LogP contribution in [0.5, 0.6) is 0 Å². The number of amides is 1. The Bertz CT molecular complexity index is 702. The third-order valence-electron chi connectivity index (χ3n) is 3.78. The van der Waals surface area contributed by atoms with E-state index in [2.05, 4.69) is 15.9 Å². The van der Waals surface area contributed by atoms with Crippen LogP contribution in [0.2, 0.25) is 0 Å². The second kappa shape index (κ2) is 5.37.